The van der Waals surface area contributed by atoms with Gasteiger partial charge in [-0.05, 0) is 47.5 Å². The lowest BCUT2D eigenvalue weighted by Gasteiger charge is -2.24. The van der Waals surface area contributed by atoms with Gasteiger partial charge in [-0.25, -0.2) is 0 Å². The summed E-state index contributed by atoms with van der Waals surface area (Å²) in [4.78, 5) is 12.4. The predicted octanol–water partition coefficient (Wildman–Crippen LogP) is 3.57. The zero-order valence-electron chi connectivity index (χ0n) is 15.0. The molecule has 0 bridgehead atoms. The molecule has 0 heterocycles. The predicted molar refractivity (Wildman–Crippen MR) is 104 cm³/mol. The minimum Gasteiger partial charge on any atom is -0.497 e. The molecule has 0 aliphatic carbocycles. The number of rotatable bonds is 6. The number of aliphatic hydroxyl groups is 1. The largest absolute Gasteiger partial charge is 0.497 e. The Morgan fingerprint density at radius 1 is 1.04 bits per heavy atom. The van der Waals surface area contributed by atoms with Crippen molar-refractivity contribution in [1.82, 2.24) is 5.32 Å². The van der Waals surface area contributed by atoms with E-state index in [9.17, 15) is 9.90 Å². The molecule has 1 unspecified atom stereocenters. The highest BCUT2D eigenvalue weighted by atomic mass is 16.5. The van der Waals surface area contributed by atoms with Crippen LogP contribution in [0.25, 0.3) is 10.8 Å². The van der Waals surface area contributed by atoms with E-state index in [0.717, 1.165) is 22.1 Å². The second kappa shape index (κ2) is 7.58. The van der Waals surface area contributed by atoms with E-state index in [2.05, 4.69) is 5.32 Å². The molecule has 0 saturated heterocycles. The second-order valence-corrected chi connectivity index (χ2v) is 6.77. The fourth-order valence-corrected chi connectivity index (χ4v) is 2.95. The van der Waals surface area contributed by atoms with Gasteiger partial charge in [0.1, 0.15) is 5.75 Å². The van der Waals surface area contributed by atoms with Gasteiger partial charge in [-0.1, -0.05) is 42.5 Å². The molecule has 0 aliphatic rings. The Morgan fingerprint density at radius 2 is 1.73 bits per heavy atom. The van der Waals surface area contributed by atoms with Crippen LogP contribution in [0.5, 0.6) is 5.75 Å². The van der Waals surface area contributed by atoms with Crippen LogP contribution in [0.2, 0.25) is 0 Å². The van der Waals surface area contributed by atoms with Gasteiger partial charge in [-0.2, -0.15) is 0 Å². The van der Waals surface area contributed by atoms with Crippen molar-refractivity contribution in [2.24, 2.45) is 0 Å². The van der Waals surface area contributed by atoms with Crippen LogP contribution >= 0.6 is 0 Å². The van der Waals surface area contributed by atoms with Gasteiger partial charge in [0, 0.05) is 18.5 Å². The molecule has 4 heteroatoms. The number of carbonyl (C=O) groups is 1. The van der Waals surface area contributed by atoms with E-state index in [1.54, 1.807) is 20.1 Å². The van der Waals surface area contributed by atoms with Crippen molar-refractivity contribution in [3.63, 3.8) is 0 Å². The molecular formula is C22H23NO3. The number of benzene rings is 3. The van der Waals surface area contributed by atoms with Crippen molar-refractivity contribution in [1.29, 1.82) is 0 Å². The zero-order valence-corrected chi connectivity index (χ0v) is 15.0. The number of carbonyl (C=O) groups excluding carboxylic acids is 1. The third kappa shape index (κ3) is 4.41. The number of nitrogens with one attached hydrogen (secondary N) is 1. The van der Waals surface area contributed by atoms with E-state index >= 15 is 0 Å². The molecule has 1 atom stereocenters. The number of hydrogen-bond donors (Lipinski definition) is 2. The lowest BCUT2D eigenvalue weighted by Crippen LogP contribution is -2.42. The van der Waals surface area contributed by atoms with E-state index in [1.165, 1.54) is 0 Å². The normalized spacial score (nSPS) is 13.2. The molecule has 2 N–H and O–H groups in total. The van der Waals surface area contributed by atoms with Gasteiger partial charge in [0.2, 0.25) is 0 Å². The van der Waals surface area contributed by atoms with Gasteiger partial charge < -0.3 is 15.2 Å². The van der Waals surface area contributed by atoms with Crippen molar-refractivity contribution in [3.05, 3.63) is 77.9 Å². The minimum absolute atomic E-state index is 0.171. The summed E-state index contributed by atoms with van der Waals surface area (Å²) in [7, 11) is 1.62. The van der Waals surface area contributed by atoms with E-state index in [-0.39, 0.29) is 12.5 Å². The Hall–Kier alpha value is -2.85. The van der Waals surface area contributed by atoms with Crippen LogP contribution in [0, 0.1) is 0 Å². The molecule has 26 heavy (non-hydrogen) atoms. The average molecular weight is 349 g/mol. The first-order valence-corrected chi connectivity index (χ1v) is 8.59. The summed E-state index contributed by atoms with van der Waals surface area (Å²) in [5.41, 5.74) is 0.529. The number of ether oxygens (including phenoxy) is 1. The summed E-state index contributed by atoms with van der Waals surface area (Å²) in [5, 5.41) is 15.6. The van der Waals surface area contributed by atoms with E-state index in [0.29, 0.717) is 12.0 Å². The van der Waals surface area contributed by atoms with Crippen molar-refractivity contribution in [3.8, 4) is 5.75 Å². The third-order valence-electron chi connectivity index (χ3n) is 4.39. The first-order chi connectivity index (χ1) is 12.5. The molecule has 4 nitrogen and oxygen atoms in total. The first-order valence-electron chi connectivity index (χ1n) is 8.59. The fraction of sp³-hybridized carbons (Fsp3) is 0.227. The van der Waals surface area contributed by atoms with Crippen LogP contribution in [0.15, 0.2) is 66.7 Å². The third-order valence-corrected chi connectivity index (χ3v) is 4.39. The Morgan fingerprint density at radius 3 is 2.42 bits per heavy atom. The van der Waals surface area contributed by atoms with Gasteiger partial charge in [-0.15, -0.1) is 0 Å². The van der Waals surface area contributed by atoms with E-state index in [4.69, 9.17) is 4.74 Å². The van der Waals surface area contributed by atoms with E-state index in [1.807, 2.05) is 60.7 Å². The van der Waals surface area contributed by atoms with Gasteiger partial charge in [-0.3, -0.25) is 4.79 Å². The summed E-state index contributed by atoms with van der Waals surface area (Å²) in [6.07, 6.45) is 0.439. The summed E-state index contributed by atoms with van der Waals surface area (Å²) < 4.78 is 5.14. The van der Waals surface area contributed by atoms with Crippen LogP contribution in [-0.4, -0.2) is 30.3 Å². The number of fused-ring (bicyclic) bond motifs is 1. The monoisotopic (exact) mass is 349 g/mol. The molecule has 3 aromatic rings. The van der Waals surface area contributed by atoms with Crippen molar-refractivity contribution >= 4 is 16.7 Å². The number of methoxy groups -OCH3 is 1. The Balaban J connectivity index is 1.62. The van der Waals surface area contributed by atoms with Crippen LogP contribution < -0.4 is 10.1 Å². The molecule has 134 valence electrons. The summed E-state index contributed by atoms with van der Waals surface area (Å²) in [5.74, 6) is 0.587. The molecule has 3 rings (SSSR count). The molecule has 0 fully saturated rings. The SMILES string of the molecule is COc1ccc(CC(C)(O)CNC(=O)c2ccc3ccccc3c2)cc1. The highest BCUT2D eigenvalue weighted by Gasteiger charge is 2.22. The average Bonchev–Trinajstić information content (AvgIpc) is 2.66. The van der Waals surface area contributed by atoms with Crippen molar-refractivity contribution in [2.45, 2.75) is 18.9 Å². The maximum atomic E-state index is 12.4. The Bertz CT molecular complexity index is 901. The summed E-state index contributed by atoms with van der Waals surface area (Å²) in [6, 6.07) is 21.1. The van der Waals surface area contributed by atoms with Crippen LogP contribution in [0.3, 0.4) is 0 Å². The van der Waals surface area contributed by atoms with Gasteiger partial charge in [0.15, 0.2) is 0 Å². The van der Waals surface area contributed by atoms with Gasteiger partial charge in [0.25, 0.3) is 5.91 Å². The molecule has 0 aliphatic heterocycles. The minimum atomic E-state index is -1.04. The second-order valence-electron chi connectivity index (χ2n) is 6.77. The van der Waals surface area contributed by atoms with Crippen molar-refractivity contribution < 1.29 is 14.6 Å². The Kier molecular flexibility index (Phi) is 5.24. The summed E-state index contributed by atoms with van der Waals surface area (Å²) >= 11 is 0. The molecule has 0 aromatic heterocycles. The molecule has 3 aromatic carbocycles. The quantitative estimate of drug-likeness (QED) is 0.715. The maximum Gasteiger partial charge on any atom is 0.251 e. The highest BCUT2D eigenvalue weighted by molar-refractivity contribution is 5.98. The lowest BCUT2D eigenvalue weighted by atomic mass is 9.96. The zero-order chi connectivity index (χ0) is 18.6. The van der Waals surface area contributed by atoms with Crippen LogP contribution in [0.4, 0.5) is 0 Å². The van der Waals surface area contributed by atoms with Crippen LogP contribution in [0.1, 0.15) is 22.8 Å². The number of amides is 1. The fourth-order valence-electron chi connectivity index (χ4n) is 2.95. The topological polar surface area (TPSA) is 58.6 Å². The molecule has 0 saturated carbocycles. The van der Waals surface area contributed by atoms with Crippen LogP contribution in [-0.2, 0) is 6.42 Å². The van der Waals surface area contributed by atoms with Gasteiger partial charge in [0.05, 0.1) is 12.7 Å². The standard InChI is InChI=1S/C22H23NO3/c1-22(25,14-16-7-11-20(26-2)12-8-16)15-23-21(24)19-10-9-17-5-3-4-6-18(17)13-19/h3-13,25H,14-15H2,1-2H3,(H,23,24). The van der Waals surface area contributed by atoms with Gasteiger partial charge >= 0.3 is 0 Å². The van der Waals surface area contributed by atoms with Crippen molar-refractivity contribution in [2.75, 3.05) is 13.7 Å². The smallest absolute Gasteiger partial charge is 0.251 e. The molecule has 0 spiro atoms. The molecular weight excluding hydrogens is 326 g/mol. The molecule has 1 amide bonds. The Labute approximate surface area is 153 Å². The summed E-state index contributed by atoms with van der Waals surface area (Å²) in [6.45, 7) is 1.89. The number of hydrogen-bond acceptors (Lipinski definition) is 3. The first kappa shape index (κ1) is 18.0. The lowest BCUT2D eigenvalue weighted by molar-refractivity contribution is 0.0552. The maximum absolute atomic E-state index is 12.4. The van der Waals surface area contributed by atoms with E-state index < -0.39 is 5.60 Å². The molecule has 0 radical (unpaired) electrons. The highest BCUT2D eigenvalue weighted by Crippen LogP contribution is 2.18.